The Kier molecular flexibility index (Phi) is 17.7. The molecule has 0 amide bonds. The summed E-state index contributed by atoms with van der Waals surface area (Å²) in [5.74, 6) is -0.127. The zero-order chi connectivity index (χ0) is 24.4. The van der Waals surface area contributed by atoms with Crippen LogP contribution in [0.25, 0.3) is 0 Å². The van der Waals surface area contributed by atoms with Crippen molar-refractivity contribution in [3.63, 3.8) is 0 Å². The number of rotatable bonds is 16. The molecule has 3 N–H and O–H groups in total. The number of hydrogen-bond donors (Lipinski definition) is 3. The minimum Gasteiger partial charge on any atom is -0.480 e. The van der Waals surface area contributed by atoms with Crippen LogP contribution in [0.5, 0.6) is 0 Å². The number of ether oxygens (including phenoxy) is 1. The molecule has 0 fully saturated rings. The minimum absolute atomic E-state index is 0.177. The number of nitrogens with one attached hydrogen (secondary N) is 2. The number of thiocarbonyl (C=S) groups is 1. The summed E-state index contributed by atoms with van der Waals surface area (Å²) in [7, 11) is 0. The van der Waals surface area contributed by atoms with Crippen molar-refractivity contribution in [1.29, 1.82) is 0 Å². The highest BCUT2D eigenvalue weighted by Crippen LogP contribution is 2.13. The van der Waals surface area contributed by atoms with Gasteiger partial charge in [-0.2, -0.15) is 11.8 Å². The van der Waals surface area contributed by atoms with Crippen molar-refractivity contribution in [2.75, 3.05) is 24.7 Å². The Labute approximate surface area is 203 Å². The first kappa shape index (κ1) is 30.2. The quantitative estimate of drug-likeness (QED) is 0.122. The highest BCUT2D eigenvalue weighted by molar-refractivity contribution is 7.99. The summed E-state index contributed by atoms with van der Waals surface area (Å²) in [4.78, 5) is 22.8. The first-order valence-corrected chi connectivity index (χ1v) is 12.7. The average molecular weight is 485 g/mol. The van der Waals surface area contributed by atoms with Crippen LogP contribution >= 0.6 is 24.0 Å². The first-order valence-electron chi connectivity index (χ1n) is 11.1. The Morgan fingerprint density at radius 2 is 1.66 bits per heavy atom. The van der Waals surface area contributed by atoms with Gasteiger partial charge in [-0.3, -0.25) is 4.79 Å². The first-order chi connectivity index (χ1) is 15.1. The number of carboxylic acid groups (broad SMARTS) is 1. The third-order valence-corrected chi connectivity index (χ3v) is 5.71. The number of carbonyl (C=O) groups is 2. The van der Waals surface area contributed by atoms with E-state index in [2.05, 4.69) is 56.6 Å². The number of carbonyl (C=O) groups excluding carboxylic acids is 1. The molecule has 0 saturated carbocycles. The fourth-order valence-electron chi connectivity index (χ4n) is 2.62. The third kappa shape index (κ3) is 17.8. The van der Waals surface area contributed by atoms with Crippen molar-refractivity contribution in [3.05, 3.63) is 34.9 Å². The molecule has 8 heteroatoms. The van der Waals surface area contributed by atoms with E-state index in [1.807, 2.05) is 0 Å². The van der Waals surface area contributed by atoms with Gasteiger partial charge < -0.3 is 20.5 Å². The van der Waals surface area contributed by atoms with E-state index in [4.69, 9.17) is 17.0 Å². The van der Waals surface area contributed by atoms with E-state index in [9.17, 15) is 14.7 Å². The lowest BCUT2D eigenvalue weighted by atomic mass is 10.1. The summed E-state index contributed by atoms with van der Waals surface area (Å²) in [6, 6.07) is -0.789. The molecule has 0 rings (SSSR count). The lowest BCUT2D eigenvalue weighted by Gasteiger charge is -2.16. The predicted octanol–water partition coefficient (Wildman–Crippen LogP) is 5.01. The summed E-state index contributed by atoms with van der Waals surface area (Å²) in [6.07, 6.45) is 11.2. The third-order valence-electron chi connectivity index (χ3n) is 4.48. The van der Waals surface area contributed by atoms with Gasteiger partial charge in [-0.05, 0) is 72.5 Å². The lowest BCUT2D eigenvalue weighted by Crippen LogP contribution is -2.47. The van der Waals surface area contributed by atoms with Gasteiger partial charge in [0.2, 0.25) is 0 Å². The van der Waals surface area contributed by atoms with Gasteiger partial charge in [0, 0.05) is 18.1 Å². The molecule has 0 aliphatic rings. The van der Waals surface area contributed by atoms with Crippen molar-refractivity contribution in [1.82, 2.24) is 10.6 Å². The number of carboxylic acids is 1. The Morgan fingerprint density at radius 1 is 1.03 bits per heavy atom. The van der Waals surface area contributed by atoms with Crippen molar-refractivity contribution in [2.24, 2.45) is 0 Å². The molecule has 0 aliphatic carbocycles. The van der Waals surface area contributed by atoms with E-state index in [1.54, 1.807) is 18.7 Å². The summed E-state index contributed by atoms with van der Waals surface area (Å²) < 4.78 is 4.84. The monoisotopic (exact) mass is 484 g/mol. The van der Waals surface area contributed by atoms with Crippen molar-refractivity contribution >= 4 is 41.0 Å². The van der Waals surface area contributed by atoms with E-state index in [1.165, 1.54) is 16.7 Å². The summed E-state index contributed by atoms with van der Waals surface area (Å²) in [5, 5.41) is 15.3. The molecular weight excluding hydrogens is 444 g/mol. The molecule has 0 bridgehead atoms. The van der Waals surface area contributed by atoms with Crippen LogP contribution in [0.15, 0.2) is 34.9 Å². The number of hydrogen-bond acceptors (Lipinski definition) is 5. The largest absolute Gasteiger partial charge is 0.480 e. The fourth-order valence-corrected chi connectivity index (χ4v) is 3.87. The van der Waals surface area contributed by atoms with Crippen LogP contribution in [-0.4, -0.2) is 52.9 Å². The minimum atomic E-state index is -0.957. The van der Waals surface area contributed by atoms with Crippen LogP contribution in [-0.2, 0) is 14.3 Å². The van der Waals surface area contributed by atoms with Gasteiger partial charge in [0.1, 0.15) is 6.04 Å². The van der Waals surface area contributed by atoms with Gasteiger partial charge in [0.25, 0.3) is 0 Å². The van der Waals surface area contributed by atoms with Gasteiger partial charge in [-0.1, -0.05) is 34.9 Å². The second-order valence-electron chi connectivity index (χ2n) is 7.84. The summed E-state index contributed by atoms with van der Waals surface area (Å²) in [5.41, 5.74) is 4.09. The molecule has 0 aromatic rings. The van der Waals surface area contributed by atoms with Crippen LogP contribution in [0.4, 0.5) is 0 Å². The summed E-state index contributed by atoms with van der Waals surface area (Å²) >= 11 is 6.67. The van der Waals surface area contributed by atoms with E-state index in [0.29, 0.717) is 18.9 Å². The van der Waals surface area contributed by atoms with Crippen LogP contribution in [0.1, 0.15) is 66.7 Å². The number of esters is 1. The maximum atomic E-state index is 11.5. The molecule has 182 valence electrons. The molecule has 0 heterocycles. The Hall–Kier alpha value is -1.80. The average Bonchev–Trinajstić information content (AvgIpc) is 2.70. The van der Waals surface area contributed by atoms with Crippen molar-refractivity contribution in [2.45, 2.75) is 72.8 Å². The highest BCUT2D eigenvalue weighted by Gasteiger charge is 2.18. The predicted molar refractivity (Wildman–Crippen MR) is 139 cm³/mol. The normalized spacial score (nSPS) is 12.7. The van der Waals surface area contributed by atoms with Gasteiger partial charge in [-0.15, -0.1) is 0 Å². The highest BCUT2D eigenvalue weighted by atomic mass is 32.2. The maximum Gasteiger partial charge on any atom is 0.327 e. The van der Waals surface area contributed by atoms with E-state index in [-0.39, 0.29) is 17.5 Å². The van der Waals surface area contributed by atoms with Gasteiger partial charge in [0.05, 0.1) is 13.0 Å². The molecule has 0 saturated heterocycles. The molecule has 1 atom stereocenters. The zero-order valence-electron chi connectivity index (χ0n) is 20.2. The molecule has 0 radical (unpaired) electrons. The second kappa shape index (κ2) is 18.7. The van der Waals surface area contributed by atoms with E-state index in [0.717, 1.165) is 31.4 Å². The molecule has 0 aromatic carbocycles. The lowest BCUT2D eigenvalue weighted by molar-refractivity contribution is -0.143. The fraction of sp³-hybridized carbons (Fsp3) is 0.625. The molecule has 32 heavy (non-hydrogen) atoms. The maximum absolute atomic E-state index is 11.5. The van der Waals surface area contributed by atoms with Gasteiger partial charge >= 0.3 is 11.9 Å². The van der Waals surface area contributed by atoms with E-state index < -0.39 is 12.0 Å². The molecule has 1 unspecified atom stereocenters. The van der Waals surface area contributed by atoms with Crippen molar-refractivity contribution < 1.29 is 19.4 Å². The van der Waals surface area contributed by atoms with Crippen LogP contribution in [0, 0.1) is 0 Å². The molecule has 0 spiro atoms. The molecule has 6 nitrogen and oxygen atoms in total. The molecular formula is C24H40N2O4S2. The van der Waals surface area contributed by atoms with E-state index >= 15 is 0 Å². The standard InChI is InChI=1S/C24H40N2O4S2/c1-6-30-22(27)13-15-25-24(31)26-21(23(28)29)17-32-16-14-20(5)12-8-11-19(4)10-7-9-18(2)3/h9,11,14,21H,6-8,10,12-13,15-17H2,1-5H3,(H,28,29)(H2,25,26,31). The second-order valence-corrected chi connectivity index (χ2v) is 9.33. The molecule has 0 aliphatic heterocycles. The zero-order valence-corrected chi connectivity index (χ0v) is 21.8. The summed E-state index contributed by atoms with van der Waals surface area (Å²) in [6.45, 7) is 10.9. The SMILES string of the molecule is CCOC(=O)CCNC(=S)NC(CSCC=C(C)CCC=C(C)CCC=C(C)C)C(=O)O. The van der Waals surface area contributed by atoms with Crippen LogP contribution < -0.4 is 10.6 Å². The Bertz CT molecular complexity index is 683. The van der Waals surface area contributed by atoms with Crippen LogP contribution in [0.2, 0.25) is 0 Å². The Morgan fingerprint density at radius 3 is 2.25 bits per heavy atom. The van der Waals surface area contributed by atoms with Gasteiger partial charge in [-0.25, -0.2) is 4.79 Å². The smallest absolute Gasteiger partial charge is 0.327 e. The Balaban J connectivity index is 4.20. The number of thioether (sulfide) groups is 1. The van der Waals surface area contributed by atoms with Gasteiger partial charge in [0.15, 0.2) is 5.11 Å². The number of aliphatic carboxylic acids is 1. The molecule has 0 aromatic heterocycles. The number of allylic oxidation sites excluding steroid dienone is 5. The van der Waals surface area contributed by atoms with Crippen molar-refractivity contribution in [3.8, 4) is 0 Å². The topological polar surface area (TPSA) is 87.7 Å². The van der Waals surface area contributed by atoms with Crippen LogP contribution in [0.3, 0.4) is 0 Å².